The third-order valence-electron chi connectivity index (χ3n) is 4.65. The molecule has 31 heavy (non-hydrogen) atoms. The summed E-state index contributed by atoms with van der Waals surface area (Å²) in [5, 5.41) is 56.5. The third-order valence-corrected chi connectivity index (χ3v) is 4.65. The lowest BCUT2D eigenvalue weighted by Crippen LogP contribution is -2.15. The first-order valence-corrected chi connectivity index (χ1v) is 9.02. The van der Waals surface area contributed by atoms with Crippen molar-refractivity contribution in [1.29, 1.82) is 0 Å². The minimum atomic E-state index is -0.653. The van der Waals surface area contributed by atoms with Gasteiger partial charge in [0.15, 0.2) is 23.0 Å². The van der Waals surface area contributed by atoms with E-state index in [1.165, 1.54) is 30.3 Å². The number of fused-ring (bicyclic) bond motifs is 1. The number of aromatic hydroxyl groups is 6. The van der Waals surface area contributed by atoms with Crippen LogP contribution in [0.15, 0.2) is 54.6 Å². The van der Waals surface area contributed by atoms with Gasteiger partial charge in [-0.1, -0.05) is 42.5 Å². The van der Waals surface area contributed by atoms with E-state index in [4.69, 9.17) is 0 Å². The van der Waals surface area contributed by atoms with E-state index in [0.29, 0.717) is 5.56 Å². The second kappa shape index (κ2) is 8.50. The largest absolute Gasteiger partial charge is 0.504 e. The zero-order valence-corrected chi connectivity index (χ0v) is 16.0. The molecule has 0 heterocycles. The van der Waals surface area contributed by atoms with Crippen LogP contribution in [0.5, 0.6) is 34.5 Å². The molecule has 0 bridgehead atoms. The van der Waals surface area contributed by atoms with E-state index >= 15 is 0 Å². The van der Waals surface area contributed by atoms with Gasteiger partial charge in [-0.3, -0.25) is 9.59 Å². The Morgan fingerprint density at radius 3 is 1.65 bits per heavy atom. The number of phenols is 6. The van der Waals surface area contributed by atoms with Crippen LogP contribution in [0.4, 0.5) is 0 Å². The van der Waals surface area contributed by atoms with Crippen LogP contribution in [0.2, 0.25) is 0 Å². The number of phenolic OH excluding ortho intramolecular Hbond substituents is 6. The standard InChI is InChI=1S/C13H12O6.C10H6O2/c14-8-3-1-6(10(16)12(8)18)5-7-2-4-9(15)13(19)11(7)17;11-9-6-5-7-3-1-2-4-8(7)10(9)12/h1-4,14-19H,5H2;1-6H. The summed E-state index contributed by atoms with van der Waals surface area (Å²) in [6, 6.07) is 12.2. The van der Waals surface area contributed by atoms with Crippen molar-refractivity contribution < 1.29 is 40.2 Å². The Kier molecular flexibility index (Phi) is 5.83. The number of carbonyl (C=O) groups is 2. The molecule has 0 saturated carbocycles. The van der Waals surface area contributed by atoms with E-state index in [0.717, 1.165) is 5.56 Å². The predicted molar refractivity (Wildman–Crippen MR) is 110 cm³/mol. The molecule has 0 amide bonds. The van der Waals surface area contributed by atoms with Crippen LogP contribution in [0.1, 0.15) is 27.0 Å². The summed E-state index contributed by atoms with van der Waals surface area (Å²) in [5.41, 5.74) is 1.82. The van der Waals surface area contributed by atoms with Crippen molar-refractivity contribution >= 4 is 17.6 Å². The molecule has 0 aromatic heterocycles. The molecule has 1 aliphatic rings. The van der Waals surface area contributed by atoms with Gasteiger partial charge in [-0.2, -0.15) is 0 Å². The number of hydrogen-bond acceptors (Lipinski definition) is 8. The Bertz CT molecular complexity index is 1150. The molecule has 158 valence electrons. The van der Waals surface area contributed by atoms with Crippen LogP contribution in [-0.2, 0) is 11.2 Å². The van der Waals surface area contributed by atoms with Gasteiger partial charge in [-0.05, 0) is 23.8 Å². The molecule has 0 fully saturated rings. The molecule has 3 aromatic rings. The zero-order valence-electron chi connectivity index (χ0n) is 16.0. The maximum absolute atomic E-state index is 11.2. The fourth-order valence-corrected chi connectivity index (χ4v) is 2.94. The smallest absolute Gasteiger partial charge is 0.233 e. The zero-order chi connectivity index (χ0) is 22.7. The first-order chi connectivity index (χ1) is 14.7. The molecule has 0 saturated heterocycles. The summed E-state index contributed by atoms with van der Waals surface area (Å²) in [5.74, 6) is -4.08. The SMILES string of the molecule is O=C1C=Cc2ccccc2C1=O.Oc1ccc(Cc2ccc(O)c(O)c2O)c(O)c1O. The van der Waals surface area contributed by atoms with E-state index in [9.17, 15) is 40.2 Å². The van der Waals surface area contributed by atoms with Crippen LogP contribution in [-0.4, -0.2) is 42.2 Å². The van der Waals surface area contributed by atoms with Gasteiger partial charge >= 0.3 is 0 Å². The monoisotopic (exact) mass is 422 g/mol. The highest BCUT2D eigenvalue weighted by Crippen LogP contribution is 2.41. The van der Waals surface area contributed by atoms with Gasteiger partial charge in [-0.15, -0.1) is 0 Å². The van der Waals surface area contributed by atoms with Crippen LogP contribution >= 0.6 is 0 Å². The number of allylic oxidation sites excluding steroid dienone is 1. The Hall–Kier alpha value is -4.46. The summed E-state index contributed by atoms with van der Waals surface area (Å²) in [6.07, 6.45) is 2.98. The van der Waals surface area contributed by atoms with Crippen molar-refractivity contribution in [2.24, 2.45) is 0 Å². The highest BCUT2D eigenvalue weighted by molar-refractivity contribution is 6.49. The summed E-state index contributed by atoms with van der Waals surface area (Å²) in [6.45, 7) is 0. The average molecular weight is 422 g/mol. The molecule has 0 radical (unpaired) electrons. The van der Waals surface area contributed by atoms with Crippen LogP contribution < -0.4 is 0 Å². The lowest BCUT2D eigenvalue weighted by atomic mass is 9.96. The molecular formula is C23H18O8. The highest BCUT2D eigenvalue weighted by atomic mass is 16.3. The summed E-state index contributed by atoms with van der Waals surface area (Å²) in [7, 11) is 0. The molecule has 0 aliphatic heterocycles. The van der Waals surface area contributed by atoms with Gasteiger partial charge in [0.1, 0.15) is 0 Å². The van der Waals surface area contributed by atoms with E-state index in [-0.39, 0.29) is 17.5 Å². The van der Waals surface area contributed by atoms with Gasteiger partial charge < -0.3 is 30.6 Å². The second-order valence-electron chi connectivity index (χ2n) is 6.67. The fourth-order valence-electron chi connectivity index (χ4n) is 2.94. The Labute approximate surface area is 176 Å². The molecule has 0 atom stereocenters. The molecular weight excluding hydrogens is 404 g/mol. The molecule has 6 N–H and O–H groups in total. The van der Waals surface area contributed by atoms with Crippen molar-refractivity contribution in [2.45, 2.75) is 6.42 Å². The molecule has 8 heteroatoms. The van der Waals surface area contributed by atoms with Crippen molar-refractivity contribution in [2.75, 3.05) is 0 Å². The summed E-state index contributed by atoms with van der Waals surface area (Å²) >= 11 is 0. The number of hydrogen-bond donors (Lipinski definition) is 6. The quantitative estimate of drug-likeness (QED) is 0.272. The normalized spacial score (nSPS) is 12.1. The lowest BCUT2D eigenvalue weighted by Gasteiger charge is -2.10. The van der Waals surface area contributed by atoms with Crippen LogP contribution in [0.3, 0.4) is 0 Å². The minimum absolute atomic E-state index is 0.000648. The number of ketones is 2. The van der Waals surface area contributed by atoms with Crippen LogP contribution in [0, 0.1) is 0 Å². The first-order valence-electron chi connectivity index (χ1n) is 9.02. The second-order valence-corrected chi connectivity index (χ2v) is 6.67. The molecule has 3 aromatic carbocycles. The van der Waals surface area contributed by atoms with Gasteiger partial charge in [0.25, 0.3) is 0 Å². The first kappa shape index (κ1) is 21.3. The molecule has 8 nitrogen and oxygen atoms in total. The van der Waals surface area contributed by atoms with Gasteiger partial charge in [0.05, 0.1) is 0 Å². The van der Waals surface area contributed by atoms with E-state index in [1.807, 2.05) is 12.1 Å². The lowest BCUT2D eigenvalue weighted by molar-refractivity contribution is -0.110. The highest BCUT2D eigenvalue weighted by Gasteiger charge is 2.19. The van der Waals surface area contributed by atoms with Gasteiger partial charge in [0, 0.05) is 23.1 Å². The number of benzene rings is 3. The van der Waals surface area contributed by atoms with E-state index < -0.39 is 46.1 Å². The van der Waals surface area contributed by atoms with Crippen molar-refractivity contribution in [3.8, 4) is 34.5 Å². The maximum atomic E-state index is 11.2. The van der Waals surface area contributed by atoms with Gasteiger partial charge in [0.2, 0.25) is 23.1 Å². The summed E-state index contributed by atoms with van der Waals surface area (Å²) < 4.78 is 0. The summed E-state index contributed by atoms with van der Waals surface area (Å²) in [4.78, 5) is 22.1. The average Bonchev–Trinajstić information content (AvgIpc) is 2.77. The minimum Gasteiger partial charge on any atom is -0.504 e. The molecule has 1 aliphatic carbocycles. The number of carbonyl (C=O) groups excluding carboxylic acids is 2. The Morgan fingerprint density at radius 1 is 0.581 bits per heavy atom. The molecule has 4 rings (SSSR count). The van der Waals surface area contributed by atoms with Crippen molar-refractivity contribution in [1.82, 2.24) is 0 Å². The number of rotatable bonds is 2. The molecule has 0 spiro atoms. The molecule has 0 unspecified atom stereocenters. The van der Waals surface area contributed by atoms with E-state index in [2.05, 4.69) is 0 Å². The Balaban J connectivity index is 0.000000194. The number of Topliss-reactive ketones (excluding diaryl/α,β-unsaturated/α-hetero) is 1. The predicted octanol–water partition coefficient (Wildman–Crippen LogP) is 2.98. The Morgan fingerprint density at radius 2 is 1.10 bits per heavy atom. The van der Waals surface area contributed by atoms with E-state index in [1.54, 1.807) is 18.2 Å². The topological polar surface area (TPSA) is 156 Å². The third kappa shape index (κ3) is 4.27. The van der Waals surface area contributed by atoms with Crippen LogP contribution in [0.25, 0.3) is 6.08 Å². The van der Waals surface area contributed by atoms with Gasteiger partial charge in [-0.25, -0.2) is 0 Å². The van der Waals surface area contributed by atoms with Crippen molar-refractivity contribution in [3.05, 3.63) is 76.9 Å². The van der Waals surface area contributed by atoms with Crippen molar-refractivity contribution in [3.63, 3.8) is 0 Å². The fraction of sp³-hybridized carbons (Fsp3) is 0.0435. The maximum Gasteiger partial charge on any atom is 0.233 e.